The maximum absolute atomic E-state index is 11.0. The smallest absolute Gasteiger partial charge is 0.330 e. The van der Waals surface area contributed by atoms with E-state index < -0.39 is 0 Å². The third-order valence-corrected chi connectivity index (χ3v) is 2.14. The van der Waals surface area contributed by atoms with Gasteiger partial charge in [0.25, 0.3) is 0 Å². The Morgan fingerprint density at radius 1 is 1.33 bits per heavy atom. The van der Waals surface area contributed by atoms with Gasteiger partial charge in [0, 0.05) is 6.08 Å². The lowest BCUT2D eigenvalue weighted by molar-refractivity contribution is -0.144. The van der Waals surface area contributed by atoms with Gasteiger partial charge in [-0.05, 0) is 32.6 Å². The van der Waals surface area contributed by atoms with Crippen LogP contribution in [0.2, 0.25) is 0 Å². The van der Waals surface area contributed by atoms with Crippen LogP contribution in [0.1, 0.15) is 39.0 Å². The van der Waals surface area contributed by atoms with E-state index in [-0.39, 0.29) is 12.1 Å². The third-order valence-electron chi connectivity index (χ3n) is 2.14. The van der Waals surface area contributed by atoms with E-state index >= 15 is 0 Å². The van der Waals surface area contributed by atoms with E-state index in [1.807, 2.05) is 6.92 Å². The van der Waals surface area contributed by atoms with E-state index in [9.17, 15) is 4.79 Å². The Bertz CT molecular complexity index is 167. The Hall–Kier alpha value is -0.790. The van der Waals surface area contributed by atoms with Gasteiger partial charge in [0.15, 0.2) is 0 Å². The van der Waals surface area contributed by atoms with Gasteiger partial charge < -0.3 is 4.74 Å². The molecule has 0 radical (unpaired) electrons. The van der Waals surface area contributed by atoms with Crippen molar-refractivity contribution < 1.29 is 9.53 Å². The molecule has 0 spiro atoms. The summed E-state index contributed by atoms with van der Waals surface area (Å²) in [7, 11) is 0. The van der Waals surface area contributed by atoms with Gasteiger partial charge in [0.1, 0.15) is 6.10 Å². The molecule has 1 aliphatic carbocycles. The zero-order valence-corrected chi connectivity index (χ0v) is 7.58. The standard InChI is InChI=1S/C10H16O2/c1-2-6-10(11)12-9-7-4-3-5-8-9/h2,6,9H,3-5,7-8H2,1H3/b6-2-. The van der Waals surface area contributed by atoms with Crippen molar-refractivity contribution in [2.24, 2.45) is 0 Å². The fourth-order valence-electron chi connectivity index (χ4n) is 1.52. The minimum atomic E-state index is -0.190. The van der Waals surface area contributed by atoms with Crippen molar-refractivity contribution in [3.05, 3.63) is 12.2 Å². The summed E-state index contributed by atoms with van der Waals surface area (Å²) in [6, 6.07) is 0. The fraction of sp³-hybridized carbons (Fsp3) is 0.700. The molecule has 68 valence electrons. The Labute approximate surface area is 73.6 Å². The van der Waals surface area contributed by atoms with Crippen LogP contribution < -0.4 is 0 Å². The molecule has 2 heteroatoms. The van der Waals surface area contributed by atoms with Gasteiger partial charge in [-0.15, -0.1) is 0 Å². The molecule has 2 nitrogen and oxygen atoms in total. The monoisotopic (exact) mass is 168 g/mol. The van der Waals surface area contributed by atoms with Gasteiger partial charge in [0.05, 0.1) is 0 Å². The summed E-state index contributed by atoms with van der Waals surface area (Å²) in [6.45, 7) is 1.82. The highest BCUT2D eigenvalue weighted by Gasteiger charge is 2.15. The number of carbonyl (C=O) groups excluding carboxylic acids is 1. The molecule has 1 fully saturated rings. The molecule has 0 aromatic heterocycles. The number of hydrogen-bond donors (Lipinski definition) is 0. The van der Waals surface area contributed by atoms with Gasteiger partial charge in [-0.1, -0.05) is 12.5 Å². The van der Waals surface area contributed by atoms with Crippen LogP contribution in [0.25, 0.3) is 0 Å². The molecular formula is C10H16O2. The zero-order valence-electron chi connectivity index (χ0n) is 7.58. The Morgan fingerprint density at radius 2 is 2.00 bits per heavy atom. The Balaban J connectivity index is 2.24. The highest BCUT2D eigenvalue weighted by atomic mass is 16.5. The van der Waals surface area contributed by atoms with Gasteiger partial charge in [-0.3, -0.25) is 0 Å². The normalized spacial score (nSPS) is 19.8. The first kappa shape index (κ1) is 9.30. The van der Waals surface area contributed by atoms with Crippen molar-refractivity contribution in [2.75, 3.05) is 0 Å². The minimum absolute atomic E-state index is 0.183. The topological polar surface area (TPSA) is 26.3 Å². The number of rotatable bonds is 2. The molecule has 0 heterocycles. The van der Waals surface area contributed by atoms with Crippen molar-refractivity contribution in [1.82, 2.24) is 0 Å². The lowest BCUT2D eigenvalue weighted by atomic mass is 9.98. The molecule has 0 amide bonds. The summed E-state index contributed by atoms with van der Waals surface area (Å²) < 4.78 is 5.21. The van der Waals surface area contributed by atoms with Crippen LogP contribution in [0.15, 0.2) is 12.2 Å². The van der Waals surface area contributed by atoms with E-state index in [2.05, 4.69) is 0 Å². The van der Waals surface area contributed by atoms with Crippen molar-refractivity contribution in [2.45, 2.75) is 45.1 Å². The number of esters is 1. The first-order chi connectivity index (χ1) is 5.83. The molecule has 0 saturated heterocycles. The molecule has 0 aromatic carbocycles. The average molecular weight is 168 g/mol. The summed E-state index contributed by atoms with van der Waals surface area (Å²) >= 11 is 0. The first-order valence-electron chi connectivity index (χ1n) is 4.66. The third kappa shape index (κ3) is 3.07. The van der Waals surface area contributed by atoms with Crippen LogP contribution in [-0.2, 0) is 9.53 Å². The number of hydrogen-bond acceptors (Lipinski definition) is 2. The second-order valence-electron chi connectivity index (χ2n) is 3.20. The van der Waals surface area contributed by atoms with Crippen molar-refractivity contribution in [3.63, 3.8) is 0 Å². The zero-order chi connectivity index (χ0) is 8.81. The molecule has 12 heavy (non-hydrogen) atoms. The molecule has 1 aliphatic rings. The second kappa shape index (κ2) is 4.96. The second-order valence-corrected chi connectivity index (χ2v) is 3.20. The van der Waals surface area contributed by atoms with Crippen LogP contribution in [0, 0.1) is 0 Å². The van der Waals surface area contributed by atoms with E-state index in [0.717, 1.165) is 12.8 Å². The highest BCUT2D eigenvalue weighted by Crippen LogP contribution is 2.20. The van der Waals surface area contributed by atoms with Gasteiger partial charge in [-0.25, -0.2) is 4.79 Å². The van der Waals surface area contributed by atoms with Gasteiger partial charge in [-0.2, -0.15) is 0 Å². The van der Waals surface area contributed by atoms with Crippen molar-refractivity contribution >= 4 is 5.97 Å². The molecule has 1 rings (SSSR count). The van der Waals surface area contributed by atoms with Gasteiger partial charge >= 0.3 is 5.97 Å². The fourth-order valence-corrected chi connectivity index (χ4v) is 1.52. The highest BCUT2D eigenvalue weighted by molar-refractivity contribution is 5.81. The molecule has 1 saturated carbocycles. The largest absolute Gasteiger partial charge is 0.459 e. The quantitative estimate of drug-likeness (QED) is 0.467. The molecule has 0 aliphatic heterocycles. The summed E-state index contributed by atoms with van der Waals surface area (Å²) in [5.41, 5.74) is 0. The predicted octanol–water partition coefficient (Wildman–Crippen LogP) is 2.44. The van der Waals surface area contributed by atoms with Crippen molar-refractivity contribution in [3.8, 4) is 0 Å². The van der Waals surface area contributed by atoms with Crippen LogP contribution >= 0.6 is 0 Å². The van der Waals surface area contributed by atoms with Crippen molar-refractivity contribution in [1.29, 1.82) is 0 Å². The van der Waals surface area contributed by atoms with Crippen LogP contribution in [-0.4, -0.2) is 12.1 Å². The SMILES string of the molecule is C/C=C\C(=O)OC1CCCCC1. The number of carbonyl (C=O) groups is 1. The lowest BCUT2D eigenvalue weighted by Gasteiger charge is -2.20. The van der Waals surface area contributed by atoms with Gasteiger partial charge in [0.2, 0.25) is 0 Å². The average Bonchev–Trinajstić information content (AvgIpc) is 2.06. The number of allylic oxidation sites excluding steroid dienone is 1. The minimum Gasteiger partial charge on any atom is -0.459 e. The summed E-state index contributed by atoms with van der Waals surface area (Å²) in [4.78, 5) is 11.0. The van der Waals surface area contributed by atoms with E-state index in [1.54, 1.807) is 6.08 Å². The summed E-state index contributed by atoms with van der Waals surface area (Å²) in [5, 5.41) is 0. The van der Waals surface area contributed by atoms with Crippen LogP contribution in [0.5, 0.6) is 0 Å². The predicted molar refractivity (Wildman–Crippen MR) is 47.8 cm³/mol. The Kier molecular flexibility index (Phi) is 3.85. The van der Waals surface area contributed by atoms with E-state index in [4.69, 9.17) is 4.74 Å². The molecule has 0 bridgehead atoms. The molecule has 0 unspecified atom stereocenters. The maximum atomic E-state index is 11.0. The van der Waals surface area contributed by atoms with Crippen LogP contribution in [0.3, 0.4) is 0 Å². The molecular weight excluding hydrogens is 152 g/mol. The summed E-state index contributed by atoms with van der Waals surface area (Å²) in [6.07, 6.45) is 9.16. The molecule has 0 N–H and O–H groups in total. The van der Waals surface area contributed by atoms with E-state index in [1.165, 1.54) is 25.3 Å². The van der Waals surface area contributed by atoms with E-state index in [0.29, 0.717) is 0 Å². The Morgan fingerprint density at radius 3 is 2.58 bits per heavy atom. The maximum Gasteiger partial charge on any atom is 0.330 e. The van der Waals surface area contributed by atoms with Crippen LogP contribution in [0.4, 0.5) is 0 Å². The molecule has 0 aromatic rings. The summed E-state index contributed by atoms with van der Waals surface area (Å²) in [5.74, 6) is -0.190. The lowest BCUT2D eigenvalue weighted by Crippen LogP contribution is -2.19. The first-order valence-corrected chi connectivity index (χ1v) is 4.66. The molecule has 0 atom stereocenters. The number of ether oxygens (including phenoxy) is 1.